The van der Waals surface area contributed by atoms with E-state index in [4.69, 9.17) is 13.8 Å². The van der Waals surface area contributed by atoms with E-state index < -0.39 is 0 Å². The smallest absolute Gasteiger partial charge is 0.227 e. The van der Waals surface area contributed by atoms with E-state index in [1.54, 1.807) is 0 Å². The molecular formula is C44H30N2O2. The molecule has 2 heterocycles. The average Bonchev–Trinajstić information content (AvgIpc) is 3.79. The standard InChI is InChI=1S/C44H30N2O2/c1-44(2)37-13-7-5-11-33(37)36-25-30(21-23-38(36)44)46(31-20-22-35-34-12-6-8-14-40(34)47-41(35)26-31)29-18-15-28(16-19-29)43-45-39-24-17-27-9-3-4-10-32(27)42(39)48-43/h3-26H,1-2H3. The SMILES string of the molecule is CC1(C)c2ccccc2-c2cc(N(c3ccc(-c4nc5ccc6ccccc6c5o4)cc3)c3ccc4c(c3)oc3ccccc34)ccc21. The van der Waals surface area contributed by atoms with Crippen LogP contribution in [0.4, 0.5) is 17.1 Å². The summed E-state index contributed by atoms with van der Waals surface area (Å²) in [6, 6.07) is 51.3. The fourth-order valence-corrected chi connectivity index (χ4v) is 7.68. The maximum absolute atomic E-state index is 6.38. The minimum absolute atomic E-state index is 0.0605. The van der Waals surface area contributed by atoms with Crippen LogP contribution in [0.3, 0.4) is 0 Å². The van der Waals surface area contributed by atoms with Gasteiger partial charge in [-0.05, 0) is 88.3 Å². The summed E-state index contributed by atoms with van der Waals surface area (Å²) in [6.45, 7) is 4.64. The summed E-state index contributed by atoms with van der Waals surface area (Å²) in [5, 5.41) is 4.44. The van der Waals surface area contributed by atoms with Crippen LogP contribution in [0.25, 0.3) is 66.4 Å². The van der Waals surface area contributed by atoms with Crippen molar-refractivity contribution in [1.82, 2.24) is 4.98 Å². The number of para-hydroxylation sites is 1. The van der Waals surface area contributed by atoms with Crippen LogP contribution >= 0.6 is 0 Å². The zero-order valence-electron chi connectivity index (χ0n) is 26.6. The third kappa shape index (κ3) is 3.93. The summed E-state index contributed by atoms with van der Waals surface area (Å²) in [6.07, 6.45) is 0. The highest BCUT2D eigenvalue weighted by molar-refractivity contribution is 6.06. The number of oxazole rings is 1. The number of nitrogens with zero attached hydrogens (tertiary/aromatic N) is 2. The largest absolute Gasteiger partial charge is 0.456 e. The van der Waals surface area contributed by atoms with Crippen LogP contribution in [-0.4, -0.2) is 4.98 Å². The summed E-state index contributed by atoms with van der Waals surface area (Å²) in [5.74, 6) is 0.611. The van der Waals surface area contributed by atoms with Crippen LogP contribution in [0.2, 0.25) is 0 Å². The Hall–Kier alpha value is -6.13. The highest BCUT2D eigenvalue weighted by atomic mass is 16.3. The maximum Gasteiger partial charge on any atom is 0.227 e. The summed E-state index contributed by atoms with van der Waals surface area (Å²) < 4.78 is 12.7. The second kappa shape index (κ2) is 9.93. The quantitative estimate of drug-likeness (QED) is 0.197. The van der Waals surface area contributed by atoms with Gasteiger partial charge in [0.25, 0.3) is 0 Å². The lowest BCUT2D eigenvalue weighted by Crippen LogP contribution is -2.15. The topological polar surface area (TPSA) is 42.4 Å². The number of anilines is 3. The third-order valence-corrected chi connectivity index (χ3v) is 10.1. The van der Waals surface area contributed by atoms with E-state index in [1.165, 1.54) is 22.3 Å². The van der Waals surface area contributed by atoms with Crippen molar-refractivity contribution >= 4 is 60.9 Å². The molecule has 10 rings (SSSR count). The van der Waals surface area contributed by atoms with Crippen molar-refractivity contribution in [2.75, 3.05) is 4.90 Å². The molecule has 0 spiro atoms. The monoisotopic (exact) mass is 618 g/mol. The third-order valence-electron chi connectivity index (χ3n) is 10.1. The molecule has 0 amide bonds. The van der Waals surface area contributed by atoms with Crippen LogP contribution in [0.15, 0.2) is 154 Å². The number of fused-ring (bicyclic) bond motifs is 9. The highest BCUT2D eigenvalue weighted by Gasteiger charge is 2.35. The van der Waals surface area contributed by atoms with Crippen LogP contribution < -0.4 is 4.90 Å². The molecule has 0 saturated heterocycles. The molecule has 0 unspecified atom stereocenters. The first-order valence-corrected chi connectivity index (χ1v) is 16.4. The molecule has 4 heteroatoms. The zero-order chi connectivity index (χ0) is 32.0. The van der Waals surface area contributed by atoms with Gasteiger partial charge in [-0.1, -0.05) is 92.7 Å². The Labute approximate surface area is 277 Å². The molecular weight excluding hydrogens is 588 g/mol. The van der Waals surface area contributed by atoms with Gasteiger partial charge in [-0.15, -0.1) is 0 Å². The molecule has 0 radical (unpaired) electrons. The second-order valence-electron chi connectivity index (χ2n) is 13.2. The molecule has 228 valence electrons. The van der Waals surface area contributed by atoms with E-state index in [0.717, 1.165) is 66.4 Å². The highest BCUT2D eigenvalue weighted by Crippen LogP contribution is 2.50. The van der Waals surface area contributed by atoms with Crippen LogP contribution in [0.1, 0.15) is 25.0 Å². The molecule has 48 heavy (non-hydrogen) atoms. The molecule has 0 atom stereocenters. The Morgan fingerprint density at radius 2 is 1.21 bits per heavy atom. The maximum atomic E-state index is 6.38. The molecule has 1 aliphatic rings. The van der Waals surface area contributed by atoms with E-state index in [9.17, 15) is 0 Å². The Morgan fingerprint density at radius 1 is 0.521 bits per heavy atom. The molecule has 0 aliphatic heterocycles. The second-order valence-corrected chi connectivity index (χ2v) is 13.2. The molecule has 7 aromatic carbocycles. The molecule has 0 saturated carbocycles. The number of aromatic nitrogens is 1. The minimum atomic E-state index is -0.0605. The lowest BCUT2D eigenvalue weighted by Gasteiger charge is -2.27. The first-order valence-electron chi connectivity index (χ1n) is 16.4. The van der Waals surface area contributed by atoms with Gasteiger partial charge in [-0.3, -0.25) is 0 Å². The molecule has 2 aromatic heterocycles. The van der Waals surface area contributed by atoms with E-state index in [1.807, 2.05) is 30.3 Å². The van der Waals surface area contributed by atoms with Crippen molar-refractivity contribution in [2.24, 2.45) is 0 Å². The normalized spacial score (nSPS) is 13.4. The minimum Gasteiger partial charge on any atom is -0.456 e. The summed E-state index contributed by atoms with van der Waals surface area (Å²) >= 11 is 0. The molecule has 0 bridgehead atoms. The fraction of sp³-hybridized carbons (Fsp3) is 0.0682. The van der Waals surface area contributed by atoms with Crippen molar-refractivity contribution in [2.45, 2.75) is 19.3 Å². The van der Waals surface area contributed by atoms with Gasteiger partial charge in [0.2, 0.25) is 5.89 Å². The van der Waals surface area contributed by atoms with E-state index in [2.05, 4.69) is 134 Å². The molecule has 1 aliphatic carbocycles. The average molecular weight is 619 g/mol. The number of hydrogen-bond donors (Lipinski definition) is 0. The predicted molar refractivity (Wildman–Crippen MR) is 196 cm³/mol. The van der Waals surface area contributed by atoms with Crippen molar-refractivity contribution in [1.29, 1.82) is 0 Å². The van der Waals surface area contributed by atoms with Gasteiger partial charge in [0.05, 0.1) is 0 Å². The van der Waals surface area contributed by atoms with Gasteiger partial charge >= 0.3 is 0 Å². The van der Waals surface area contributed by atoms with Crippen LogP contribution in [0, 0.1) is 0 Å². The van der Waals surface area contributed by atoms with Gasteiger partial charge in [0.1, 0.15) is 16.7 Å². The van der Waals surface area contributed by atoms with Crippen molar-refractivity contribution in [3.05, 3.63) is 157 Å². The molecule has 0 fully saturated rings. The number of benzene rings is 7. The lowest BCUT2D eigenvalue weighted by molar-refractivity contribution is 0.623. The van der Waals surface area contributed by atoms with Gasteiger partial charge in [0.15, 0.2) is 5.58 Å². The Bertz CT molecular complexity index is 2710. The summed E-state index contributed by atoms with van der Waals surface area (Å²) in [7, 11) is 0. The lowest BCUT2D eigenvalue weighted by atomic mass is 9.82. The van der Waals surface area contributed by atoms with Gasteiger partial charge in [-0.2, -0.15) is 0 Å². The first kappa shape index (κ1) is 27.0. The number of hydrogen-bond acceptors (Lipinski definition) is 4. The van der Waals surface area contributed by atoms with Crippen molar-refractivity contribution in [3.8, 4) is 22.6 Å². The van der Waals surface area contributed by atoms with Gasteiger partial charge in [-0.25, -0.2) is 4.98 Å². The molecule has 0 N–H and O–H groups in total. The Morgan fingerprint density at radius 3 is 2.10 bits per heavy atom. The summed E-state index contributed by atoms with van der Waals surface area (Å²) in [5.41, 5.74) is 12.7. The van der Waals surface area contributed by atoms with Crippen molar-refractivity contribution in [3.63, 3.8) is 0 Å². The van der Waals surface area contributed by atoms with Crippen LogP contribution in [-0.2, 0) is 5.41 Å². The van der Waals surface area contributed by atoms with Gasteiger partial charge in [0, 0.05) is 50.3 Å². The fourth-order valence-electron chi connectivity index (χ4n) is 7.68. The number of rotatable bonds is 4. The van der Waals surface area contributed by atoms with E-state index in [-0.39, 0.29) is 5.41 Å². The van der Waals surface area contributed by atoms with Gasteiger partial charge < -0.3 is 13.7 Å². The van der Waals surface area contributed by atoms with Crippen molar-refractivity contribution < 1.29 is 8.83 Å². The Balaban J connectivity index is 1.12. The van der Waals surface area contributed by atoms with E-state index >= 15 is 0 Å². The Kier molecular flexibility index (Phi) is 5.59. The molecule has 9 aromatic rings. The van der Waals surface area contributed by atoms with E-state index in [0.29, 0.717) is 5.89 Å². The predicted octanol–water partition coefficient (Wildman–Crippen LogP) is 12.3. The molecule has 4 nitrogen and oxygen atoms in total. The summed E-state index contributed by atoms with van der Waals surface area (Å²) in [4.78, 5) is 7.17. The zero-order valence-corrected chi connectivity index (χ0v) is 26.6. The van der Waals surface area contributed by atoms with Crippen LogP contribution in [0.5, 0.6) is 0 Å². The number of furan rings is 1. The first-order chi connectivity index (χ1) is 23.5.